The highest BCUT2D eigenvalue weighted by Gasteiger charge is 2.18. The number of allylic oxidation sites excluding steroid dienone is 7. The number of nitrogens with one attached hydrogen (secondary N) is 1. The third kappa shape index (κ3) is 63.0. The van der Waals surface area contributed by atoms with Crippen molar-refractivity contribution >= 4 is 11.9 Å². The van der Waals surface area contributed by atoms with Gasteiger partial charge in [-0.05, 0) is 89.9 Å². The molecule has 458 valence electrons. The van der Waals surface area contributed by atoms with Gasteiger partial charge in [0.25, 0.3) is 0 Å². The monoisotopic (exact) mass is 1090 g/mol. The van der Waals surface area contributed by atoms with Crippen LogP contribution < -0.4 is 5.32 Å². The van der Waals surface area contributed by atoms with E-state index in [1.807, 2.05) is 6.08 Å². The molecule has 0 aromatic rings. The molecule has 3 N–H and O–H groups in total. The van der Waals surface area contributed by atoms with E-state index in [2.05, 4.69) is 55.6 Å². The number of aliphatic hydroxyl groups is 2. The fraction of sp³-hybridized carbons (Fsp3) is 0.861. The first-order chi connectivity index (χ1) is 38.5. The predicted molar refractivity (Wildman–Crippen MR) is 342 cm³/mol. The molecule has 0 bridgehead atoms. The molecule has 0 aliphatic heterocycles. The van der Waals surface area contributed by atoms with Gasteiger partial charge >= 0.3 is 5.97 Å². The first-order valence-corrected chi connectivity index (χ1v) is 34.9. The van der Waals surface area contributed by atoms with Crippen LogP contribution in [0.1, 0.15) is 373 Å². The van der Waals surface area contributed by atoms with Gasteiger partial charge in [-0.25, -0.2) is 0 Å². The van der Waals surface area contributed by atoms with Crippen molar-refractivity contribution in [3.8, 4) is 0 Å². The van der Waals surface area contributed by atoms with Gasteiger partial charge in [-0.2, -0.15) is 0 Å². The molecule has 0 saturated heterocycles. The van der Waals surface area contributed by atoms with Crippen molar-refractivity contribution in [1.82, 2.24) is 5.32 Å². The molecule has 0 aliphatic carbocycles. The molecular formula is C72H135NO5. The van der Waals surface area contributed by atoms with Gasteiger partial charge in [0, 0.05) is 12.8 Å². The van der Waals surface area contributed by atoms with E-state index in [9.17, 15) is 19.8 Å². The Kier molecular flexibility index (Phi) is 65.4. The second-order valence-electron chi connectivity index (χ2n) is 23.9. The molecule has 2 unspecified atom stereocenters. The molecule has 0 spiro atoms. The number of unbranched alkanes of at least 4 members (excludes halogenated alkanes) is 48. The van der Waals surface area contributed by atoms with E-state index < -0.39 is 12.1 Å². The van der Waals surface area contributed by atoms with E-state index in [0.717, 1.165) is 51.4 Å². The van der Waals surface area contributed by atoms with Gasteiger partial charge in [-0.1, -0.05) is 319 Å². The molecule has 0 fully saturated rings. The van der Waals surface area contributed by atoms with Crippen LogP contribution in [0.4, 0.5) is 0 Å². The molecule has 0 aromatic carbocycles. The molecule has 2 atom stereocenters. The molecule has 0 heterocycles. The smallest absolute Gasteiger partial charge is 0.305 e. The number of hydrogen-bond donors (Lipinski definition) is 3. The standard InChI is InChI=1S/C72H135NO5/c1-3-5-7-9-11-13-15-16-17-40-43-46-50-54-58-62-66-72(77)78-67-63-59-55-51-47-44-41-38-36-34-32-30-28-26-24-22-20-18-19-21-23-25-27-29-31-33-35-37-39-42-45-49-53-57-61-65-71(76)73-69(68-74)70(75)64-60-56-52-48-14-12-10-8-6-4-2/h17,20,22,26,28,40,60,64,69-70,74-75H,3-16,18-19,21,23-25,27,29-39,41-59,61-63,65-68H2,1-2H3,(H,73,76)/b22-20-,28-26-,40-17-,64-60+. The minimum absolute atomic E-state index is 0.00914. The number of carbonyl (C=O) groups excluding carboxylic acids is 2. The van der Waals surface area contributed by atoms with Gasteiger partial charge in [0.15, 0.2) is 0 Å². The summed E-state index contributed by atoms with van der Waals surface area (Å²) < 4.78 is 5.49. The lowest BCUT2D eigenvalue weighted by Gasteiger charge is -2.20. The van der Waals surface area contributed by atoms with E-state index >= 15 is 0 Å². The highest BCUT2D eigenvalue weighted by molar-refractivity contribution is 5.76. The Hall–Kier alpha value is -2.18. The van der Waals surface area contributed by atoms with Gasteiger partial charge in [0.1, 0.15) is 0 Å². The van der Waals surface area contributed by atoms with Gasteiger partial charge in [0.2, 0.25) is 5.91 Å². The zero-order chi connectivity index (χ0) is 56.4. The van der Waals surface area contributed by atoms with Crippen molar-refractivity contribution in [2.75, 3.05) is 13.2 Å². The molecule has 0 rings (SSSR count). The van der Waals surface area contributed by atoms with Crippen LogP contribution in [-0.2, 0) is 14.3 Å². The minimum Gasteiger partial charge on any atom is -0.466 e. The first-order valence-electron chi connectivity index (χ1n) is 34.9. The summed E-state index contributed by atoms with van der Waals surface area (Å²) in [6.07, 6.45) is 87.8. The minimum atomic E-state index is -0.841. The molecule has 6 heteroatoms. The number of hydrogen-bond acceptors (Lipinski definition) is 5. The highest BCUT2D eigenvalue weighted by Crippen LogP contribution is 2.18. The maximum absolute atomic E-state index is 12.4. The number of ether oxygens (including phenoxy) is 1. The average Bonchev–Trinajstić information content (AvgIpc) is 3.44. The van der Waals surface area contributed by atoms with Crippen molar-refractivity contribution in [2.24, 2.45) is 0 Å². The normalized spacial score (nSPS) is 12.8. The van der Waals surface area contributed by atoms with E-state index in [1.165, 1.54) is 295 Å². The number of aliphatic hydroxyl groups excluding tert-OH is 2. The van der Waals surface area contributed by atoms with Crippen LogP contribution in [0.3, 0.4) is 0 Å². The Morgan fingerprint density at radius 3 is 0.987 bits per heavy atom. The second-order valence-corrected chi connectivity index (χ2v) is 23.9. The highest BCUT2D eigenvalue weighted by atomic mass is 16.5. The van der Waals surface area contributed by atoms with E-state index in [-0.39, 0.29) is 18.5 Å². The maximum atomic E-state index is 12.4. The summed E-state index contributed by atoms with van der Waals surface area (Å²) in [6.45, 7) is 4.89. The van der Waals surface area contributed by atoms with Crippen molar-refractivity contribution < 1.29 is 24.5 Å². The topological polar surface area (TPSA) is 95.9 Å². The molecule has 78 heavy (non-hydrogen) atoms. The van der Waals surface area contributed by atoms with Gasteiger partial charge in [-0.15, -0.1) is 0 Å². The van der Waals surface area contributed by atoms with Crippen LogP contribution in [-0.4, -0.2) is 47.4 Å². The van der Waals surface area contributed by atoms with Crippen molar-refractivity contribution in [3.63, 3.8) is 0 Å². The number of carbonyl (C=O) groups is 2. The lowest BCUT2D eigenvalue weighted by atomic mass is 10.0. The Morgan fingerprint density at radius 1 is 0.359 bits per heavy atom. The molecule has 0 aromatic heterocycles. The lowest BCUT2D eigenvalue weighted by molar-refractivity contribution is -0.143. The van der Waals surface area contributed by atoms with Crippen molar-refractivity contribution in [1.29, 1.82) is 0 Å². The molecule has 0 saturated carbocycles. The average molecular weight is 1090 g/mol. The fourth-order valence-electron chi connectivity index (χ4n) is 10.7. The SMILES string of the molecule is CCCCCCCCC/C=C\CCCCCCCC(=O)OCCCCCCCCCCCCC/C=C\C/C=C\CCCCCCCCCCCCCCCCCCCC(=O)NC(CO)C(O)/C=C/CCCCCCCCCC. The Labute approximate surface area is 486 Å². The maximum Gasteiger partial charge on any atom is 0.305 e. The van der Waals surface area contributed by atoms with Gasteiger partial charge < -0.3 is 20.3 Å². The van der Waals surface area contributed by atoms with Crippen LogP contribution in [0.15, 0.2) is 48.6 Å². The van der Waals surface area contributed by atoms with Crippen LogP contribution in [0.5, 0.6) is 0 Å². The number of rotatable bonds is 65. The molecule has 1 amide bonds. The van der Waals surface area contributed by atoms with Crippen LogP contribution in [0, 0.1) is 0 Å². The summed E-state index contributed by atoms with van der Waals surface area (Å²) in [6, 6.07) is -0.625. The van der Waals surface area contributed by atoms with Crippen LogP contribution in [0.25, 0.3) is 0 Å². The summed E-state index contributed by atoms with van der Waals surface area (Å²) >= 11 is 0. The molecule has 0 radical (unpaired) electrons. The number of amides is 1. The third-order valence-corrected chi connectivity index (χ3v) is 16.1. The lowest BCUT2D eigenvalue weighted by Crippen LogP contribution is -2.45. The number of esters is 1. The van der Waals surface area contributed by atoms with Gasteiger partial charge in [-0.3, -0.25) is 9.59 Å². The Bertz CT molecular complexity index is 1310. The van der Waals surface area contributed by atoms with Crippen molar-refractivity contribution in [2.45, 2.75) is 386 Å². The summed E-state index contributed by atoms with van der Waals surface area (Å²) in [5.41, 5.74) is 0. The predicted octanol–water partition coefficient (Wildman–Crippen LogP) is 22.5. The first kappa shape index (κ1) is 75.8. The quantitative estimate of drug-likeness (QED) is 0.0320. The molecule has 6 nitrogen and oxygen atoms in total. The Balaban J connectivity index is 3.36. The summed E-state index contributed by atoms with van der Waals surface area (Å²) in [4.78, 5) is 24.5. The van der Waals surface area contributed by atoms with Crippen molar-refractivity contribution in [3.05, 3.63) is 48.6 Å². The summed E-state index contributed by atoms with van der Waals surface area (Å²) in [5.74, 6) is -0.0576. The summed E-state index contributed by atoms with van der Waals surface area (Å²) in [7, 11) is 0. The van der Waals surface area contributed by atoms with E-state index in [1.54, 1.807) is 6.08 Å². The molecular weight excluding hydrogens is 959 g/mol. The zero-order valence-corrected chi connectivity index (χ0v) is 52.4. The van der Waals surface area contributed by atoms with E-state index in [4.69, 9.17) is 4.74 Å². The largest absolute Gasteiger partial charge is 0.466 e. The summed E-state index contributed by atoms with van der Waals surface area (Å²) in [5, 5.41) is 23.0. The molecule has 0 aliphatic rings. The van der Waals surface area contributed by atoms with E-state index in [0.29, 0.717) is 19.4 Å². The van der Waals surface area contributed by atoms with Gasteiger partial charge in [0.05, 0.1) is 25.4 Å². The van der Waals surface area contributed by atoms with Crippen LogP contribution in [0.2, 0.25) is 0 Å². The Morgan fingerprint density at radius 2 is 0.641 bits per heavy atom. The van der Waals surface area contributed by atoms with Crippen LogP contribution >= 0.6 is 0 Å². The third-order valence-electron chi connectivity index (χ3n) is 16.1. The zero-order valence-electron chi connectivity index (χ0n) is 52.4. The fourth-order valence-corrected chi connectivity index (χ4v) is 10.7. The second kappa shape index (κ2) is 67.3.